The average molecular weight is 274 g/mol. The molecule has 106 valence electrons. The fourth-order valence-corrected chi connectivity index (χ4v) is 1.96. The maximum absolute atomic E-state index is 12.2. The molecule has 6 heteroatoms. The molecule has 0 aliphatic heterocycles. The van der Waals surface area contributed by atoms with Gasteiger partial charge in [-0.05, 0) is 18.1 Å². The Morgan fingerprint density at radius 1 is 1.25 bits per heavy atom. The first kappa shape index (κ1) is 14.0. The molecule has 0 saturated heterocycles. The van der Waals surface area contributed by atoms with E-state index in [1.165, 1.54) is 6.92 Å². The van der Waals surface area contributed by atoms with Crippen LogP contribution in [-0.4, -0.2) is 27.8 Å². The molecule has 2 amide bonds. The van der Waals surface area contributed by atoms with Crippen LogP contribution in [0.3, 0.4) is 0 Å². The van der Waals surface area contributed by atoms with Crippen molar-refractivity contribution in [1.82, 2.24) is 15.3 Å². The Hall–Kier alpha value is -2.37. The van der Waals surface area contributed by atoms with Gasteiger partial charge in [-0.3, -0.25) is 14.9 Å². The van der Waals surface area contributed by atoms with Crippen LogP contribution in [0.5, 0.6) is 0 Å². The van der Waals surface area contributed by atoms with E-state index in [0.717, 1.165) is 11.0 Å². The smallest absolute Gasteiger partial charge is 0.249 e. The van der Waals surface area contributed by atoms with E-state index in [0.29, 0.717) is 5.95 Å². The molecule has 1 heterocycles. The van der Waals surface area contributed by atoms with Crippen LogP contribution in [0.25, 0.3) is 11.0 Å². The van der Waals surface area contributed by atoms with Crippen LogP contribution < -0.4 is 10.6 Å². The zero-order valence-electron chi connectivity index (χ0n) is 11.7. The third kappa shape index (κ3) is 3.14. The van der Waals surface area contributed by atoms with Gasteiger partial charge in [-0.2, -0.15) is 0 Å². The first-order valence-electron chi connectivity index (χ1n) is 6.50. The second-order valence-electron chi connectivity index (χ2n) is 5.01. The molecule has 0 spiro atoms. The standard InChI is InChI=1S/C14H18N4O2/c1-8(2)12(15-9(3)19)13(20)18-14-16-10-6-4-5-7-11(10)17-14/h4-8,12H,1-3H3,(H,15,19)(H2,16,17,18,20)/t12-/m0/s1. The lowest BCUT2D eigenvalue weighted by Crippen LogP contribution is -2.46. The van der Waals surface area contributed by atoms with E-state index < -0.39 is 6.04 Å². The molecule has 0 aliphatic rings. The summed E-state index contributed by atoms with van der Waals surface area (Å²) in [4.78, 5) is 30.6. The number of carbonyl (C=O) groups excluding carboxylic acids is 2. The number of fused-ring (bicyclic) bond motifs is 1. The molecule has 6 nitrogen and oxygen atoms in total. The fourth-order valence-electron chi connectivity index (χ4n) is 1.96. The van der Waals surface area contributed by atoms with Crippen LogP contribution in [0.4, 0.5) is 5.95 Å². The molecule has 1 atom stereocenters. The largest absolute Gasteiger partial charge is 0.344 e. The summed E-state index contributed by atoms with van der Waals surface area (Å²) in [6.45, 7) is 5.14. The highest BCUT2D eigenvalue weighted by Gasteiger charge is 2.23. The van der Waals surface area contributed by atoms with Gasteiger partial charge in [0, 0.05) is 6.92 Å². The third-order valence-electron chi connectivity index (χ3n) is 2.94. The number of anilines is 1. The lowest BCUT2D eigenvalue weighted by atomic mass is 10.0. The number of aromatic amines is 1. The third-order valence-corrected chi connectivity index (χ3v) is 2.94. The molecule has 0 unspecified atom stereocenters. The molecule has 1 aromatic carbocycles. The van der Waals surface area contributed by atoms with Gasteiger partial charge in [0.15, 0.2) is 0 Å². The lowest BCUT2D eigenvalue weighted by molar-refractivity contribution is -0.126. The molecule has 2 aromatic rings. The summed E-state index contributed by atoms with van der Waals surface area (Å²) in [5.74, 6) is -0.145. The van der Waals surface area contributed by atoms with Crippen molar-refractivity contribution in [3.63, 3.8) is 0 Å². The molecule has 20 heavy (non-hydrogen) atoms. The molecule has 0 fully saturated rings. The number of H-pyrrole nitrogens is 1. The Balaban J connectivity index is 2.14. The number of imidazole rings is 1. The van der Waals surface area contributed by atoms with Gasteiger partial charge in [-0.25, -0.2) is 4.98 Å². The summed E-state index contributed by atoms with van der Waals surface area (Å²) >= 11 is 0. The molecule has 3 N–H and O–H groups in total. The van der Waals surface area contributed by atoms with Crippen molar-refractivity contribution in [3.05, 3.63) is 24.3 Å². The number of benzene rings is 1. The molecule has 0 radical (unpaired) electrons. The Morgan fingerprint density at radius 3 is 2.55 bits per heavy atom. The van der Waals surface area contributed by atoms with Crippen molar-refractivity contribution in [3.8, 4) is 0 Å². The number of aromatic nitrogens is 2. The molecule has 2 rings (SSSR count). The highest BCUT2D eigenvalue weighted by molar-refractivity contribution is 5.97. The number of para-hydroxylation sites is 2. The summed E-state index contributed by atoms with van der Waals surface area (Å²) in [7, 11) is 0. The van der Waals surface area contributed by atoms with Crippen molar-refractivity contribution in [1.29, 1.82) is 0 Å². The topological polar surface area (TPSA) is 86.9 Å². The molecule has 0 bridgehead atoms. The van der Waals surface area contributed by atoms with Crippen LogP contribution in [0.1, 0.15) is 20.8 Å². The highest BCUT2D eigenvalue weighted by Crippen LogP contribution is 2.14. The number of rotatable bonds is 4. The number of nitrogens with zero attached hydrogens (tertiary/aromatic N) is 1. The van der Waals surface area contributed by atoms with Gasteiger partial charge < -0.3 is 10.3 Å². The van der Waals surface area contributed by atoms with Crippen LogP contribution in [0, 0.1) is 5.92 Å². The van der Waals surface area contributed by atoms with Crippen LogP contribution in [0.2, 0.25) is 0 Å². The van der Waals surface area contributed by atoms with Crippen molar-refractivity contribution >= 4 is 28.8 Å². The summed E-state index contributed by atoms with van der Waals surface area (Å²) in [5.41, 5.74) is 1.63. The van der Waals surface area contributed by atoms with E-state index in [9.17, 15) is 9.59 Å². The Kier molecular flexibility index (Phi) is 4.02. The van der Waals surface area contributed by atoms with E-state index in [2.05, 4.69) is 20.6 Å². The van der Waals surface area contributed by atoms with E-state index >= 15 is 0 Å². The molecule has 0 saturated carbocycles. The highest BCUT2D eigenvalue weighted by atomic mass is 16.2. The minimum absolute atomic E-state index is 0.0109. The van der Waals surface area contributed by atoms with Gasteiger partial charge in [-0.15, -0.1) is 0 Å². The van der Waals surface area contributed by atoms with E-state index in [1.807, 2.05) is 38.1 Å². The van der Waals surface area contributed by atoms with Crippen LogP contribution >= 0.6 is 0 Å². The summed E-state index contributed by atoms with van der Waals surface area (Å²) in [5, 5.41) is 5.34. The molecular weight excluding hydrogens is 256 g/mol. The first-order chi connectivity index (χ1) is 9.47. The van der Waals surface area contributed by atoms with Gasteiger partial charge in [0.2, 0.25) is 17.8 Å². The summed E-state index contributed by atoms with van der Waals surface area (Å²) in [6.07, 6.45) is 0. The fraction of sp³-hybridized carbons (Fsp3) is 0.357. The minimum atomic E-state index is -0.583. The van der Waals surface area contributed by atoms with E-state index in [1.54, 1.807) is 0 Å². The van der Waals surface area contributed by atoms with Crippen molar-refractivity contribution < 1.29 is 9.59 Å². The Labute approximate surface area is 117 Å². The normalized spacial score (nSPS) is 12.4. The summed E-state index contributed by atoms with van der Waals surface area (Å²) in [6, 6.07) is 6.92. The lowest BCUT2D eigenvalue weighted by Gasteiger charge is -2.20. The van der Waals surface area contributed by atoms with Gasteiger partial charge >= 0.3 is 0 Å². The molecular formula is C14H18N4O2. The Bertz CT molecular complexity index is 600. The van der Waals surface area contributed by atoms with E-state index in [4.69, 9.17) is 0 Å². The van der Waals surface area contributed by atoms with Gasteiger partial charge in [0.25, 0.3) is 0 Å². The number of carbonyl (C=O) groups is 2. The second-order valence-corrected chi connectivity index (χ2v) is 5.01. The maximum Gasteiger partial charge on any atom is 0.249 e. The van der Waals surface area contributed by atoms with E-state index in [-0.39, 0.29) is 17.7 Å². The second kappa shape index (κ2) is 5.73. The Morgan fingerprint density at radius 2 is 1.95 bits per heavy atom. The van der Waals surface area contributed by atoms with Crippen molar-refractivity contribution in [2.75, 3.05) is 5.32 Å². The van der Waals surface area contributed by atoms with Gasteiger partial charge in [-0.1, -0.05) is 26.0 Å². The number of nitrogens with one attached hydrogen (secondary N) is 3. The number of hydrogen-bond donors (Lipinski definition) is 3. The van der Waals surface area contributed by atoms with Gasteiger partial charge in [0.05, 0.1) is 11.0 Å². The zero-order valence-corrected chi connectivity index (χ0v) is 11.7. The van der Waals surface area contributed by atoms with Crippen molar-refractivity contribution in [2.24, 2.45) is 5.92 Å². The van der Waals surface area contributed by atoms with Gasteiger partial charge in [0.1, 0.15) is 6.04 Å². The number of amides is 2. The summed E-state index contributed by atoms with van der Waals surface area (Å²) < 4.78 is 0. The number of hydrogen-bond acceptors (Lipinski definition) is 3. The predicted molar refractivity (Wildman–Crippen MR) is 77.2 cm³/mol. The predicted octanol–water partition coefficient (Wildman–Crippen LogP) is 1.66. The average Bonchev–Trinajstić information content (AvgIpc) is 2.77. The first-order valence-corrected chi connectivity index (χ1v) is 6.50. The zero-order chi connectivity index (χ0) is 14.7. The minimum Gasteiger partial charge on any atom is -0.344 e. The van der Waals surface area contributed by atoms with Crippen LogP contribution in [0.15, 0.2) is 24.3 Å². The molecule has 0 aliphatic carbocycles. The van der Waals surface area contributed by atoms with Crippen molar-refractivity contribution in [2.45, 2.75) is 26.8 Å². The SMILES string of the molecule is CC(=O)N[C@H](C(=O)Nc1nc2ccccc2[nH]1)C(C)C. The van der Waals surface area contributed by atoms with Crippen LogP contribution in [-0.2, 0) is 9.59 Å². The monoisotopic (exact) mass is 274 g/mol. The molecule has 1 aromatic heterocycles. The quantitative estimate of drug-likeness (QED) is 0.792. The maximum atomic E-state index is 12.2.